The van der Waals surface area contributed by atoms with Crippen LogP contribution in [0.25, 0.3) is 0 Å². The number of aryl methyl sites for hydroxylation is 1. The van der Waals surface area contributed by atoms with Gasteiger partial charge in [0.2, 0.25) is 0 Å². The minimum atomic E-state index is 0. The number of aromatic nitrogens is 1. The number of thiazole rings is 1. The molecule has 0 radical (unpaired) electrons. The second-order valence-electron chi connectivity index (χ2n) is 7.60. The summed E-state index contributed by atoms with van der Waals surface area (Å²) in [6, 6.07) is 10.8. The lowest BCUT2D eigenvalue weighted by atomic mass is 10.1. The molecule has 29 heavy (non-hydrogen) atoms. The number of halogens is 1. The van der Waals surface area contributed by atoms with E-state index in [1.807, 2.05) is 0 Å². The molecule has 2 heterocycles. The Morgan fingerprint density at radius 3 is 2.83 bits per heavy atom. The molecular formula is C22H34IN5S. The maximum atomic E-state index is 4.93. The molecule has 0 spiro atoms. The second-order valence-corrected chi connectivity index (χ2v) is 8.66. The fourth-order valence-electron chi connectivity index (χ4n) is 3.68. The number of nitrogens with zero attached hydrogens (tertiary/aromatic N) is 4. The van der Waals surface area contributed by atoms with Gasteiger partial charge in [0.25, 0.3) is 0 Å². The topological polar surface area (TPSA) is 43.8 Å². The zero-order valence-electron chi connectivity index (χ0n) is 17.8. The molecular weight excluding hydrogens is 493 g/mol. The Bertz CT molecular complexity index is 749. The number of hydrogen-bond acceptors (Lipinski definition) is 4. The molecule has 0 aliphatic carbocycles. The highest BCUT2D eigenvalue weighted by atomic mass is 127. The van der Waals surface area contributed by atoms with Gasteiger partial charge in [0.15, 0.2) is 5.96 Å². The van der Waals surface area contributed by atoms with E-state index in [-0.39, 0.29) is 24.0 Å². The summed E-state index contributed by atoms with van der Waals surface area (Å²) in [6.45, 7) is 10.2. The van der Waals surface area contributed by atoms with E-state index in [1.165, 1.54) is 18.5 Å². The SMILES string of the molecule is CCNC(=NCC1CCN(CCc2ccccc2)C1)N(C)Cc1csc(C)n1.I. The molecule has 1 aliphatic heterocycles. The lowest BCUT2D eigenvalue weighted by molar-refractivity contribution is 0.329. The van der Waals surface area contributed by atoms with E-state index in [1.54, 1.807) is 11.3 Å². The third-order valence-electron chi connectivity index (χ3n) is 5.19. The largest absolute Gasteiger partial charge is 0.357 e. The van der Waals surface area contributed by atoms with Gasteiger partial charge in [0.05, 0.1) is 17.2 Å². The highest BCUT2D eigenvalue weighted by Gasteiger charge is 2.22. The molecule has 160 valence electrons. The monoisotopic (exact) mass is 527 g/mol. The molecule has 7 heteroatoms. The van der Waals surface area contributed by atoms with Gasteiger partial charge in [-0.3, -0.25) is 4.99 Å². The van der Waals surface area contributed by atoms with Crippen LogP contribution >= 0.6 is 35.3 Å². The van der Waals surface area contributed by atoms with Crippen LogP contribution in [0.3, 0.4) is 0 Å². The number of hydrogen-bond donors (Lipinski definition) is 1. The zero-order chi connectivity index (χ0) is 19.8. The van der Waals surface area contributed by atoms with Crippen LogP contribution in [0.2, 0.25) is 0 Å². The zero-order valence-corrected chi connectivity index (χ0v) is 21.0. The van der Waals surface area contributed by atoms with Gasteiger partial charge >= 0.3 is 0 Å². The molecule has 1 unspecified atom stereocenters. The van der Waals surface area contributed by atoms with E-state index in [0.29, 0.717) is 5.92 Å². The average Bonchev–Trinajstić information content (AvgIpc) is 3.33. The molecule has 0 bridgehead atoms. The lowest BCUT2D eigenvalue weighted by Gasteiger charge is -2.22. The van der Waals surface area contributed by atoms with Gasteiger partial charge in [0.1, 0.15) is 0 Å². The smallest absolute Gasteiger partial charge is 0.194 e. The summed E-state index contributed by atoms with van der Waals surface area (Å²) in [4.78, 5) is 14.3. The highest BCUT2D eigenvalue weighted by Crippen LogP contribution is 2.17. The quantitative estimate of drug-likeness (QED) is 0.320. The van der Waals surface area contributed by atoms with E-state index < -0.39 is 0 Å². The molecule has 1 fully saturated rings. The Balaban J connectivity index is 0.00000300. The molecule has 1 aromatic carbocycles. The number of nitrogens with one attached hydrogen (secondary N) is 1. The van der Waals surface area contributed by atoms with Crippen molar-refractivity contribution in [2.24, 2.45) is 10.9 Å². The van der Waals surface area contributed by atoms with E-state index in [2.05, 4.69) is 76.7 Å². The number of likely N-dealkylation sites (tertiary alicyclic amines) is 1. The molecule has 1 N–H and O–H groups in total. The number of benzene rings is 1. The first-order valence-corrected chi connectivity index (χ1v) is 11.2. The summed E-state index contributed by atoms with van der Waals surface area (Å²) in [5.74, 6) is 1.63. The summed E-state index contributed by atoms with van der Waals surface area (Å²) in [5, 5.41) is 6.68. The van der Waals surface area contributed by atoms with E-state index in [4.69, 9.17) is 4.99 Å². The Morgan fingerprint density at radius 1 is 1.34 bits per heavy atom. The molecule has 1 aliphatic rings. The number of guanidine groups is 1. The molecule has 5 nitrogen and oxygen atoms in total. The first-order chi connectivity index (χ1) is 13.6. The van der Waals surface area contributed by atoms with Crippen LogP contribution in [0, 0.1) is 12.8 Å². The van der Waals surface area contributed by atoms with Crippen molar-refractivity contribution in [1.82, 2.24) is 20.1 Å². The number of rotatable bonds is 8. The third-order valence-corrected chi connectivity index (χ3v) is 6.01. The molecule has 0 saturated carbocycles. The Morgan fingerprint density at radius 2 is 2.14 bits per heavy atom. The summed E-state index contributed by atoms with van der Waals surface area (Å²) in [7, 11) is 2.09. The molecule has 2 aromatic rings. The van der Waals surface area contributed by atoms with Crippen molar-refractivity contribution in [2.75, 3.05) is 39.8 Å². The van der Waals surface area contributed by atoms with Gasteiger partial charge in [-0.15, -0.1) is 35.3 Å². The average molecular weight is 528 g/mol. The van der Waals surface area contributed by atoms with Crippen LogP contribution in [-0.2, 0) is 13.0 Å². The minimum Gasteiger partial charge on any atom is -0.357 e. The van der Waals surface area contributed by atoms with Crippen LogP contribution in [0.5, 0.6) is 0 Å². The Hall–Kier alpha value is -1.19. The normalized spacial score (nSPS) is 17.2. The summed E-state index contributed by atoms with van der Waals surface area (Å²) in [5.41, 5.74) is 2.54. The predicted octanol–water partition coefficient (Wildman–Crippen LogP) is 4.03. The van der Waals surface area contributed by atoms with Crippen molar-refractivity contribution in [1.29, 1.82) is 0 Å². The van der Waals surface area contributed by atoms with Crippen molar-refractivity contribution >= 4 is 41.3 Å². The van der Waals surface area contributed by atoms with E-state index >= 15 is 0 Å². The standard InChI is InChI=1S/C22H33N5S.HI/c1-4-23-22(26(3)16-21-17-28-18(2)25-21)24-14-20-11-13-27(15-20)12-10-19-8-6-5-7-9-19;/h5-9,17,20H,4,10-16H2,1-3H3,(H,23,24);1H. The van der Waals surface area contributed by atoms with Gasteiger partial charge in [-0.05, 0) is 44.7 Å². The number of aliphatic imine (C=N–C) groups is 1. The molecule has 1 saturated heterocycles. The second kappa shape index (κ2) is 12.5. The van der Waals surface area contributed by atoms with Crippen LogP contribution in [-0.4, -0.2) is 60.5 Å². The first kappa shape index (κ1) is 24.1. The minimum absolute atomic E-state index is 0. The Kier molecular flexibility index (Phi) is 10.4. The van der Waals surface area contributed by atoms with Crippen molar-refractivity contribution in [3.05, 3.63) is 52.0 Å². The van der Waals surface area contributed by atoms with Crippen molar-refractivity contribution in [2.45, 2.75) is 33.2 Å². The third kappa shape index (κ3) is 7.86. The van der Waals surface area contributed by atoms with Crippen molar-refractivity contribution < 1.29 is 0 Å². The van der Waals surface area contributed by atoms with Gasteiger partial charge < -0.3 is 15.1 Å². The van der Waals surface area contributed by atoms with Gasteiger partial charge in [-0.25, -0.2) is 4.98 Å². The van der Waals surface area contributed by atoms with Crippen molar-refractivity contribution in [3.63, 3.8) is 0 Å². The summed E-state index contributed by atoms with van der Waals surface area (Å²) < 4.78 is 0. The van der Waals surface area contributed by atoms with Crippen LogP contribution < -0.4 is 5.32 Å². The van der Waals surface area contributed by atoms with Gasteiger partial charge in [-0.1, -0.05) is 30.3 Å². The Labute approximate surface area is 196 Å². The predicted molar refractivity (Wildman–Crippen MR) is 134 cm³/mol. The summed E-state index contributed by atoms with van der Waals surface area (Å²) in [6.07, 6.45) is 2.38. The fourth-order valence-corrected chi connectivity index (χ4v) is 4.28. The van der Waals surface area contributed by atoms with Crippen molar-refractivity contribution in [3.8, 4) is 0 Å². The molecule has 3 rings (SSSR count). The molecule has 1 atom stereocenters. The van der Waals surface area contributed by atoms with E-state index in [9.17, 15) is 0 Å². The maximum Gasteiger partial charge on any atom is 0.194 e. The maximum absolute atomic E-state index is 4.93. The van der Waals surface area contributed by atoms with E-state index in [0.717, 1.165) is 55.8 Å². The molecule has 1 aromatic heterocycles. The fraction of sp³-hybridized carbons (Fsp3) is 0.545. The van der Waals surface area contributed by atoms with Crippen LogP contribution in [0.1, 0.15) is 29.6 Å². The van der Waals surface area contributed by atoms with Crippen LogP contribution in [0.4, 0.5) is 0 Å². The highest BCUT2D eigenvalue weighted by molar-refractivity contribution is 14.0. The first-order valence-electron chi connectivity index (χ1n) is 10.3. The lowest BCUT2D eigenvalue weighted by Crippen LogP contribution is -2.39. The van der Waals surface area contributed by atoms with Gasteiger partial charge in [-0.2, -0.15) is 0 Å². The molecule has 0 amide bonds. The van der Waals surface area contributed by atoms with Gasteiger partial charge in [0, 0.05) is 38.6 Å². The van der Waals surface area contributed by atoms with Crippen LogP contribution in [0.15, 0.2) is 40.7 Å². The summed E-state index contributed by atoms with van der Waals surface area (Å²) >= 11 is 1.70.